The second-order valence-electron chi connectivity index (χ2n) is 9.90. The van der Waals surface area contributed by atoms with Gasteiger partial charge in [-0.3, -0.25) is 14.7 Å². The number of piperazine rings is 1. The highest BCUT2D eigenvalue weighted by Gasteiger charge is 2.32. The van der Waals surface area contributed by atoms with Crippen LogP contribution >= 0.6 is 13.5 Å². The van der Waals surface area contributed by atoms with E-state index < -0.39 is 12.7 Å². The minimum absolute atomic E-state index is 0. The molecule has 1 aliphatic heterocycles. The van der Waals surface area contributed by atoms with E-state index in [4.69, 9.17) is 0 Å². The van der Waals surface area contributed by atoms with Crippen LogP contribution in [0.15, 0.2) is 55.2 Å². The summed E-state index contributed by atoms with van der Waals surface area (Å²) in [6.07, 6.45) is 2.23. The van der Waals surface area contributed by atoms with Gasteiger partial charge in [-0.2, -0.15) is 26.7 Å². The van der Waals surface area contributed by atoms with E-state index in [2.05, 4.69) is 42.5 Å². The molecule has 1 saturated heterocycles. The molecular weight excluding hydrogens is 567 g/mol. The quantitative estimate of drug-likeness (QED) is 0.312. The molecule has 0 bridgehead atoms. The van der Waals surface area contributed by atoms with Gasteiger partial charge in [-0.05, 0) is 11.6 Å². The van der Waals surface area contributed by atoms with E-state index in [0.29, 0.717) is 61.3 Å². The van der Waals surface area contributed by atoms with E-state index in [1.54, 1.807) is 31.7 Å². The molecule has 0 spiro atoms. The van der Waals surface area contributed by atoms with E-state index in [9.17, 15) is 18.0 Å². The molecule has 0 saturated carbocycles. The summed E-state index contributed by atoms with van der Waals surface area (Å²) < 4.78 is 38.0. The topological polar surface area (TPSA) is 112 Å². The maximum absolute atomic E-state index is 12.7. The maximum atomic E-state index is 12.7. The van der Waals surface area contributed by atoms with Crippen molar-refractivity contribution in [2.24, 2.45) is 0 Å². The Labute approximate surface area is 248 Å². The average molecular weight is 600 g/mol. The summed E-state index contributed by atoms with van der Waals surface area (Å²) in [5, 5.41) is 6.83. The zero-order chi connectivity index (χ0) is 29.0. The first-order valence-electron chi connectivity index (χ1n) is 13.2. The molecule has 0 radical (unpaired) electrons. The van der Waals surface area contributed by atoms with Crippen molar-refractivity contribution in [3.8, 4) is 11.3 Å². The van der Waals surface area contributed by atoms with Crippen LogP contribution in [-0.4, -0.2) is 88.2 Å². The number of nitrogens with zero attached hydrogens (tertiary/aromatic N) is 7. The summed E-state index contributed by atoms with van der Waals surface area (Å²) in [6, 6.07) is 9.36. The van der Waals surface area contributed by atoms with Crippen molar-refractivity contribution in [1.82, 2.24) is 35.1 Å². The third-order valence-corrected chi connectivity index (χ3v) is 7.05. The van der Waals surface area contributed by atoms with Crippen LogP contribution in [0.4, 0.5) is 24.9 Å². The first kappa shape index (κ1) is 30.9. The Bertz CT molecular complexity index is 1510. The lowest BCUT2D eigenvalue weighted by Gasteiger charge is -2.34. The molecule has 2 N–H and O–H groups in total. The van der Waals surface area contributed by atoms with Crippen molar-refractivity contribution in [2.45, 2.75) is 19.0 Å². The summed E-state index contributed by atoms with van der Waals surface area (Å²) in [5.41, 5.74) is 3.71. The lowest BCUT2D eigenvalue weighted by molar-refractivity contribution is -0.146. The van der Waals surface area contributed by atoms with Gasteiger partial charge >= 0.3 is 6.18 Å². The number of alkyl halides is 3. The molecule has 3 aromatic heterocycles. The van der Waals surface area contributed by atoms with Crippen LogP contribution in [0.2, 0.25) is 0 Å². The Morgan fingerprint density at radius 1 is 1.02 bits per heavy atom. The summed E-state index contributed by atoms with van der Waals surface area (Å²) in [5.74, 6) is 1.01. The number of para-hydroxylation sites is 1. The van der Waals surface area contributed by atoms with Crippen LogP contribution in [-0.2, 0) is 0 Å². The number of fused-ring (bicyclic) bond motifs is 1. The molecule has 5 rings (SSSR count). The molecule has 222 valence electrons. The van der Waals surface area contributed by atoms with E-state index in [1.165, 1.54) is 11.2 Å². The smallest absolute Gasteiger partial charge is 0.369 e. The van der Waals surface area contributed by atoms with Crippen LogP contribution < -0.4 is 15.5 Å². The van der Waals surface area contributed by atoms with Crippen LogP contribution in [0, 0.1) is 0 Å². The third-order valence-electron chi connectivity index (χ3n) is 7.05. The lowest BCUT2D eigenvalue weighted by Crippen LogP contribution is -2.49. The normalized spacial score (nSPS) is 14.7. The highest BCUT2D eigenvalue weighted by molar-refractivity contribution is 7.59. The third kappa shape index (κ3) is 7.23. The molecular formula is C28H32F3N9OS. The lowest BCUT2D eigenvalue weighted by atomic mass is 9.96. The highest BCUT2D eigenvalue weighted by atomic mass is 32.1. The van der Waals surface area contributed by atoms with Gasteiger partial charge in [0.2, 0.25) is 5.95 Å². The average Bonchev–Trinajstić information content (AvgIpc) is 2.98. The molecule has 1 aliphatic rings. The summed E-state index contributed by atoms with van der Waals surface area (Å²) in [6.45, 7) is 3.19. The van der Waals surface area contributed by atoms with E-state index in [1.807, 2.05) is 29.2 Å². The van der Waals surface area contributed by atoms with Gasteiger partial charge in [-0.25, -0.2) is 19.9 Å². The number of hydrogen-bond acceptors (Lipinski definition) is 9. The van der Waals surface area contributed by atoms with Gasteiger partial charge in [0, 0.05) is 81.3 Å². The van der Waals surface area contributed by atoms with Crippen molar-refractivity contribution in [1.29, 1.82) is 0 Å². The fourth-order valence-electron chi connectivity index (χ4n) is 4.89. The summed E-state index contributed by atoms with van der Waals surface area (Å²) in [7, 11) is 1.61. The Hall–Kier alpha value is -4.04. The Morgan fingerprint density at radius 3 is 2.45 bits per heavy atom. The SMILES string of the molecule is CNC(=O)c1ccnc2c([C@H](C)CNc3cc(-c4cnc(N5CCN(CC(F)(F)F)CC5)nc4)ncn3)cccc12.S. The number of aromatic nitrogens is 5. The van der Waals surface area contributed by atoms with Crippen LogP contribution in [0.3, 0.4) is 0 Å². The van der Waals surface area contributed by atoms with Gasteiger partial charge in [-0.15, -0.1) is 0 Å². The number of benzene rings is 1. The van der Waals surface area contributed by atoms with E-state index >= 15 is 0 Å². The summed E-state index contributed by atoms with van der Waals surface area (Å²) in [4.78, 5) is 37.7. The van der Waals surface area contributed by atoms with Crippen molar-refractivity contribution >= 4 is 42.1 Å². The van der Waals surface area contributed by atoms with Gasteiger partial charge < -0.3 is 15.5 Å². The second-order valence-corrected chi connectivity index (χ2v) is 9.90. The van der Waals surface area contributed by atoms with Crippen molar-refractivity contribution in [3.63, 3.8) is 0 Å². The van der Waals surface area contributed by atoms with Crippen LogP contribution in [0.1, 0.15) is 28.8 Å². The van der Waals surface area contributed by atoms with Crippen LogP contribution in [0.5, 0.6) is 0 Å². The number of nitrogens with one attached hydrogen (secondary N) is 2. The van der Waals surface area contributed by atoms with Crippen molar-refractivity contribution in [3.05, 3.63) is 66.4 Å². The predicted molar refractivity (Wildman–Crippen MR) is 160 cm³/mol. The van der Waals surface area contributed by atoms with Crippen molar-refractivity contribution in [2.75, 3.05) is 56.5 Å². The molecule has 4 aromatic rings. The number of carbonyl (C=O) groups is 1. The van der Waals surface area contributed by atoms with Gasteiger partial charge in [0.1, 0.15) is 12.1 Å². The monoisotopic (exact) mass is 599 g/mol. The zero-order valence-corrected chi connectivity index (χ0v) is 24.2. The van der Waals surface area contributed by atoms with Gasteiger partial charge in [-0.1, -0.05) is 25.1 Å². The number of amides is 1. The fraction of sp³-hybridized carbons (Fsp3) is 0.357. The number of rotatable bonds is 8. The first-order chi connectivity index (χ1) is 19.7. The zero-order valence-electron chi connectivity index (χ0n) is 23.2. The van der Waals surface area contributed by atoms with Crippen LogP contribution in [0.25, 0.3) is 22.2 Å². The minimum Gasteiger partial charge on any atom is -0.369 e. The Morgan fingerprint density at radius 2 is 1.76 bits per heavy atom. The number of anilines is 2. The molecule has 1 atom stereocenters. The molecule has 1 aromatic carbocycles. The highest BCUT2D eigenvalue weighted by Crippen LogP contribution is 2.27. The second kappa shape index (κ2) is 13.3. The predicted octanol–water partition coefficient (Wildman–Crippen LogP) is 3.85. The van der Waals surface area contributed by atoms with E-state index in [-0.39, 0.29) is 25.3 Å². The van der Waals surface area contributed by atoms with E-state index in [0.717, 1.165) is 16.5 Å². The molecule has 0 unspecified atom stereocenters. The maximum Gasteiger partial charge on any atom is 0.401 e. The number of carbonyl (C=O) groups excluding carboxylic acids is 1. The molecule has 42 heavy (non-hydrogen) atoms. The molecule has 4 heterocycles. The van der Waals surface area contributed by atoms with Crippen molar-refractivity contribution < 1.29 is 18.0 Å². The number of hydrogen-bond donors (Lipinski definition) is 2. The van der Waals surface area contributed by atoms with Gasteiger partial charge in [0.25, 0.3) is 5.91 Å². The molecule has 14 heteroatoms. The van der Waals surface area contributed by atoms with Gasteiger partial charge in [0.15, 0.2) is 0 Å². The summed E-state index contributed by atoms with van der Waals surface area (Å²) >= 11 is 0. The fourth-order valence-corrected chi connectivity index (χ4v) is 4.89. The molecule has 0 aliphatic carbocycles. The number of pyridine rings is 1. The standard InChI is InChI=1S/C28H30F3N9O.H2S/c1-18(20-4-3-5-21-22(26(41)32-2)6-7-33-25(20)21)13-34-24-12-23(37-17-38-24)19-14-35-27(36-15-19)40-10-8-39(9-11-40)16-28(29,30)31;/h3-7,12,14-15,17-18H,8-11,13,16H2,1-2H3,(H,32,41)(H,34,37,38);1H2/t18-;/m1./s1. The largest absolute Gasteiger partial charge is 0.401 e. The molecule has 1 fully saturated rings. The molecule has 1 amide bonds. The Balaban J connectivity index is 0.00000405. The number of halogens is 3. The first-order valence-corrected chi connectivity index (χ1v) is 13.2. The Kier molecular flexibility index (Phi) is 9.78. The minimum atomic E-state index is -4.20. The molecule has 10 nitrogen and oxygen atoms in total. The van der Waals surface area contributed by atoms with Gasteiger partial charge in [0.05, 0.1) is 23.3 Å².